The molecule has 21 heavy (non-hydrogen) atoms. The van der Waals surface area contributed by atoms with Gasteiger partial charge in [0.05, 0.1) is 6.17 Å². The van der Waals surface area contributed by atoms with E-state index in [1.807, 2.05) is 48.3 Å². The summed E-state index contributed by atoms with van der Waals surface area (Å²) in [4.78, 5) is 19.0. The van der Waals surface area contributed by atoms with Crippen molar-refractivity contribution in [2.45, 2.75) is 19.0 Å². The van der Waals surface area contributed by atoms with Gasteiger partial charge in [0.25, 0.3) is 5.91 Å². The number of hydrogen-bond acceptors (Lipinski definition) is 3. The Kier molecular flexibility index (Phi) is 3.97. The van der Waals surface area contributed by atoms with Crippen LogP contribution in [-0.4, -0.2) is 35.5 Å². The highest BCUT2D eigenvalue weighted by atomic mass is 16.2. The van der Waals surface area contributed by atoms with E-state index in [1.165, 1.54) is 0 Å². The quantitative estimate of drug-likeness (QED) is 0.940. The first-order chi connectivity index (χ1) is 10.3. The summed E-state index contributed by atoms with van der Waals surface area (Å²) in [5.74, 6) is 0.0892. The number of rotatable bonds is 3. The van der Waals surface area contributed by atoms with Crippen molar-refractivity contribution in [1.29, 1.82) is 0 Å². The molecule has 2 heterocycles. The fraction of sp³-hybridized carbons (Fsp3) is 0.294. The van der Waals surface area contributed by atoms with E-state index in [1.54, 1.807) is 12.4 Å². The van der Waals surface area contributed by atoms with Crippen molar-refractivity contribution in [3.8, 4) is 11.1 Å². The first kappa shape index (κ1) is 13.8. The van der Waals surface area contributed by atoms with Crippen molar-refractivity contribution < 1.29 is 4.79 Å². The molecule has 0 saturated carbocycles. The summed E-state index contributed by atoms with van der Waals surface area (Å²) in [5, 5.41) is 3.22. The van der Waals surface area contributed by atoms with E-state index < -0.39 is 0 Å². The van der Waals surface area contributed by atoms with E-state index in [-0.39, 0.29) is 12.1 Å². The molecule has 1 unspecified atom stereocenters. The van der Waals surface area contributed by atoms with Gasteiger partial charge in [0.1, 0.15) is 0 Å². The summed E-state index contributed by atoms with van der Waals surface area (Å²) in [5.41, 5.74) is 2.66. The van der Waals surface area contributed by atoms with Crippen LogP contribution in [0.1, 0.15) is 23.2 Å². The van der Waals surface area contributed by atoms with Crippen molar-refractivity contribution >= 4 is 5.91 Å². The van der Waals surface area contributed by atoms with Gasteiger partial charge >= 0.3 is 0 Å². The lowest BCUT2D eigenvalue weighted by Gasteiger charge is -2.25. The summed E-state index contributed by atoms with van der Waals surface area (Å²) >= 11 is 0. The molecule has 108 valence electrons. The first-order valence-electron chi connectivity index (χ1n) is 7.29. The second kappa shape index (κ2) is 6.06. The van der Waals surface area contributed by atoms with E-state index in [2.05, 4.69) is 10.3 Å². The van der Waals surface area contributed by atoms with E-state index >= 15 is 0 Å². The van der Waals surface area contributed by atoms with Gasteiger partial charge < -0.3 is 10.2 Å². The number of carbonyl (C=O) groups excluding carboxylic acids is 1. The predicted octanol–water partition coefficient (Wildman–Crippen LogP) is 2.53. The number of likely N-dealkylation sites (tertiary alicyclic amines) is 1. The van der Waals surface area contributed by atoms with Gasteiger partial charge in [0.2, 0.25) is 0 Å². The van der Waals surface area contributed by atoms with Crippen molar-refractivity contribution in [3.05, 3.63) is 54.4 Å². The van der Waals surface area contributed by atoms with Gasteiger partial charge in [-0.05, 0) is 37.6 Å². The second-order valence-corrected chi connectivity index (χ2v) is 5.23. The molecule has 1 atom stereocenters. The van der Waals surface area contributed by atoms with Crippen molar-refractivity contribution in [2.24, 2.45) is 0 Å². The van der Waals surface area contributed by atoms with Crippen LogP contribution in [0.15, 0.2) is 48.8 Å². The zero-order valence-corrected chi connectivity index (χ0v) is 12.1. The minimum absolute atomic E-state index is 0.0892. The SMILES string of the molecule is CNC1CCCN1C(=O)c1ccccc1-c1cccnc1. The van der Waals surface area contributed by atoms with Crippen molar-refractivity contribution in [2.75, 3.05) is 13.6 Å². The lowest BCUT2D eigenvalue weighted by molar-refractivity contribution is 0.0719. The molecule has 2 aromatic rings. The largest absolute Gasteiger partial charge is 0.323 e. The molecule has 1 aromatic carbocycles. The molecule has 1 saturated heterocycles. The van der Waals surface area contributed by atoms with E-state index in [4.69, 9.17) is 0 Å². The predicted molar refractivity (Wildman–Crippen MR) is 82.8 cm³/mol. The zero-order chi connectivity index (χ0) is 14.7. The highest BCUT2D eigenvalue weighted by Gasteiger charge is 2.29. The summed E-state index contributed by atoms with van der Waals surface area (Å²) < 4.78 is 0. The maximum absolute atomic E-state index is 12.9. The van der Waals surface area contributed by atoms with Gasteiger partial charge in [-0.2, -0.15) is 0 Å². The topological polar surface area (TPSA) is 45.2 Å². The second-order valence-electron chi connectivity index (χ2n) is 5.23. The van der Waals surface area contributed by atoms with Crippen molar-refractivity contribution in [1.82, 2.24) is 15.2 Å². The fourth-order valence-electron chi connectivity index (χ4n) is 2.91. The number of amides is 1. The molecule has 4 heteroatoms. The third-order valence-electron chi connectivity index (χ3n) is 3.98. The number of hydrogen-bond donors (Lipinski definition) is 1. The molecule has 0 spiro atoms. The summed E-state index contributed by atoms with van der Waals surface area (Å²) in [6.45, 7) is 0.811. The van der Waals surface area contributed by atoms with Crippen LogP contribution in [0, 0.1) is 0 Å². The number of pyridine rings is 1. The smallest absolute Gasteiger partial charge is 0.255 e. The Morgan fingerprint density at radius 2 is 2.14 bits per heavy atom. The van der Waals surface area contributed by atoms with Crippen LogP contribution >= 0.6 is 0 Å². The van der Waals surface area contributed by atoms with Crippen LogP contribution < -0.4 is 5.32 Å². The van der Waals surface area contributed by atoms with Gasteiger partial charge in [-0.1, -0.05) is 24.3 Å². The van der Waals surface area contributed by atoms with Gasteiger partial charge in [-0.3, -0.25) is 9.78 Å². The number of carbonyl (C=O) groups is 1. The third kappa shape index (κ3) is 2.67. The Morgan fingerprint density at radius 3 is 2.90 bits per heavy atom. The maximum Gasteiger partial charge on any atom is 0.255 e. The maximum atomic E-state index is 12.9. The lowest BCUT2D eigenvalue weighted by atomic mass is 10.0. The molecule has 1 fully saturated rings. The monoisotopic (exact) mass is 281 g/mol. The van der Waals surface area contributed by atoms with Crippen LogP contribution in [0.4, 0.5) is 0 Å². The van der Waals surface area contributed by atoms with Crippen LogP contribution in [0.5, 0.6) is 0 Å². The average Bonchev–Trinajstić information content (AvgIpc) is 3.03. The zero-order valence-electron chi connectivity index (χ0n) is 12.1. The highest BCUT2D eigenvalue weighted by Crippen LogP contribution is 2.26. The van der Waals surface area contributed by atoms with Crippen LogP contribution in [0.2, 0.25) is 0 Å². The molecule has 1 aliphatic rings. The molecule has 3 rings (SSSR count). The number of aromatic nitrogens is 1. The van der Waals surface area contributed by atoms with Crippen molar-refractivity contribution in [3.63, 3.8) is 0 Å². The Balaban J connectivity index is 1.98. The van der Waals surface area contributed by atoms with Crippen LogP contribution in [-0.2, 0) is 0 Å². The number of nitrogens with zero attached hydrogens (tertiary/aromatic N) is 2. The molecule has 4 nitrogen and oxygen atoms in total. The minimum atomic E-state index is 0.0892. The van der Waals surface area contributed by atoms with E-state index in [0.717, 1.165) is 36.1 Å². The molecule has 0 radical (unpaired) electrons. The molecule has 0 aliphatic carbocycles. The molecule has 1 aliphatic heterocycles. The summed E-state index contributed by atoms with van der Waals surface area (Å²) in [7, 11) is 1.91. The lowest BCUT2D eigenvalue weighted by Crippen LogP contribution is -2.43. The fourth-order valence-corrected chi connectivity index (χ4v) is 2.91. The average molecular weight is 281 g/mol. The third-order valence-corrected chi connectivity index (χ3v) is 3.98. The summed E-state index contributed by atoms with van der Waals surface area (Å²) in [6.07, 6.45) is 5.74. The number of benzene rings is 1. The Bertz CT molecular complexity index is 627. The molecule has 1 aromatic heterocycles. The van der Waals surface area contributed by atoms with E-state index in [9.17, 15) is 4.79 Å². The van der Waals surface area contributed by atoms with Gasteiger partial charge in [0, 0.05) is 30.1 Å². The number of nitrogens with one attached hydrogen (secondary N) is 1. The van der Waals surface area contributed by atoms with Crippen LogP contribution in [0.3, 0.4) is 0 Å². The molecular formula is C17H19N3O. The minimum Gasteiger partial charge on any atom is -0.323 e. The summed E-state index contributed by atoms with van der Waals surface area (Å²) in [6, 6.07) is 11.6. The van der Waals surface area contributed by atoms with Crippen LogP contribution in [0.25, 0.3) is 11.1 Å². The molecule has 1 N–H and O–H groups in total. The van der Waals surface area contributed by atoms with E-state index in [0.29, 0.717) is 0 Å². The van der Waals surface area contributed by atoms with Gasteiger partial charge in [-0.25, -0.2) is 0 Å². The Morgan fingerprint density at radius 1 is 1.29 bits per heavy atom. The standard InChI is InChI=1S/C17H19N3O/c1-18-16-9-5-11-20(16)17(21)15-8-3-2-7-14(15)13-6-4-10-19-12-13/h2-4,6-8,10,12,16,18H,5,9,11H2,1H3. The van der Waals surface area contributed by atoms with Gasteiger partial charge in [0.15, 0.2) is 0 Å². The Hall–Kier alpha value is -2.20. The molecule has 1 amide bonds. The highest BCUT2D eigenvalue weighted by molar-refractivity contribution is 6.01. The first-order valence-corrected chi connectivity index (χ1v) is 7.29. The van der Waals surface area contributed by atoms with Gasteiger partial charge in [-0.15, -0.1) is 0 Å². The molecular weight excluding hydrogens is 262 g/mol. The molecule has 0 bridgehead atoms. The normalized spacial score (nSPS) is 18.0. The Labute approximate surface area is 124 Å².